The number of nitrogens with one attached hydrogen (secondary N) is 1. The fraction of sp³-hybridized carbons (Fsp3) is 0.143. The predicted molar refractivity (Wildman–Crippen MR) is 113 cm³/mol. The zero-order chi connectivity index (χ0) is 20.1. The number of halogens is 2. The van der Waals surface area contributed by atoms with Gasteiger partial charge in [0.05, 0.1) is 12.0 Å². The Labute approximate surface area is 172 Å². The molecule has 0 saturated heterocycles. The molecule has 0 saturated carbocycles. The Balaban J connectivity index is 1.62. The number of amides is 1. The summed E-state index contributed by atoms with van der Waals surface area (Å²) >= 11 is 7.25. The van der Waals surface area contributed by atoms with Gasteiger partial charge in [-0.15, -0.1) is 11.8 Å². The van der Waals surface area contributed by atoms with Gasteiger partial charge in [0.15, 0.2) is 0 Å². The number of hydrogen-bond acceptors (Lipinski definition) is 3. The topological polar surface area (TPSA) is 46.4 Å². The second-order valence-electron chi connectivity index (χ2n) is 6.18. The number of carbonyl (C=O) groups excluding carboxylic acids is 1. The van der Waals surface area contributed by atoms with Crippen LogP contribution in [0.2, 0.25) is 5.02 Å². The highest BCUT2D eigenvalue weighted by Crippen LogP contribution is 2.21. The number of carbonyl (C=O) groups is 1. The van der Waals surface area contributed by atoms with Gasteiger partial charge in [-0.1, -0.05) is 17.7 Å². The first-order valence-corrected chi connectivity index (χ1v) is 9.95. The first kappa shape index (κ1) is 20.2. The standard InChI is InChI=1S/C21H19ClFN3OS/c1-14-10-16(15(2)26(14)19-5-3-4-18(23)11-19)12-24-25-21(27)13-28-20-8-6-17(22)7-9-20/h3-12H,13H2,1-2H3,(H,25,27)/b24-12-. The molecule has 7 heteroatoms. The van der Waals surface area contributed by atoms with E-state index < -0.39 is 0 Å². The Bertz CT molecular complexity index is 1010. The summed E-state index contributed by atoms with van der Waals surface area (Å²) in [6.45, 7) is 3.87. The van der Waals surface area contributed by atoms with Crippen LogP contribution in [-0.4, -0.2) is 22.4 Å². The second-order valence-corrected chi connectivity index (χ2v) is 7.66. The molecule has 28 heavy (non-hydrogen) atoms. The van der Waals surface area contributed by atoms with Crippen molar-refractivity contribution in [1.82, 2.24) is 9.99 Å². The van der Waals surface area contributed by atoms with Crippen LogP contribution in [0, 0.1) is 19.7 Å². The zero-order valence-corrected chi connectivity index (χ0v) is 17.0. The van der Waals surface area contributed by atoms with Crippen LogP contribution in [-0.2, 0) is 4.79 Å². The van der Waals surface area contributed by atoms with Crippen LogP contribution in [0.5, 0.6) is 0 Å². The molecular formula is C21H19ClFN3OS. The molecule has 4 nitrogen and oxygen atoms in total. The molecule has 0 bridgehead atoms. The highest BCUT2D eigenvalue weighted by atomic mass is 35.5. The molecule has 1 N–H and O–H groups in total. The molecule has 0 spiro atoms. The maximum Gasteiger partial charge on any atom is 0.250 e. The molecule has 1 aromatic heterocycles. The Kier molecular flexibility index (Phi) is 6.54. The number of benzene rings is 2. The minimum Gasteiger partial charge on any atom is -0.318 e. The average molecular weight is 416 g/mol. The van der Waals surface area contributed by atoms with Crippen molar-refractivity contribution in [2.75, 3.05) is 5.75 Å². The number of nitrogens with zero attached hydrogens (tertiary/aromatic N) is 2. The van der Waals surface area contributed by atoms with Gasteiger partial charge < -0.3 is 4.57 Å². The lowest BCUT2D eigenvalue weighted by molar-refractivity contribution is -0.118. The maximum atomic E-state index is 13.5. The van der Waals surface area contributed by atoms with Crippen LogP contribution < -0.4 is 5.43 Å². The van der Waals surface area contributed by atoms with Gasteiger partial charge >= 0.3 is 0 Å². The third-order valence-electron chi connectivity index (χ3n) is 4.11. The van der Waals surface area contributed by atoms with E-state index in [1.165, 1.54) is 23.9 Å². The molecule has 1 amide bonds. The quantitative estimate of drug-likeness (QED) is 0.344. The van der Waals surface area contributed by atoms with Gasteiger partial charge in [0, 0.05) is 32.6 Å². The molecule has 0 radical (unpaired) electrons. The molecule has 2 aromatic carbocycles. The molecule has 3 aromatic rings. The average Bonchev–Trinajstić information content (AvgIpc) is 2.95. The third kappa shape index (κ3) is 5.03. The third-order valence-corrected chi connectivity index (χ3v) is 5.38. The Morgan fingerprint density at radius 1 is 1.21 bits per heavy atom. The zero-order valence-electron chi connectivity index (χ0n) is 15.4. The van der Waals surface area contributed by atoms with Crippen molar-refractivity contribution < 1.29 is 9.18 Å². The normalized spacial score (nSPS) is 11.1. The smallest absolute Gasteiger partial charge is 0.250 e. The lowest BCUT2D eigenvalue weighted by atomic mass is 10.2. The Morgan fingerprint density at radius 3 is 2.68 bits per heavy atom. The molecule has 0 fully saturated rings. The molecule has 1 heterocycles. The van der Waals surface area contributed by atoms with Crippen LogP contribution in [0.15, 0.2) is 64.6 Å². The van der Waals surface area contributed by atoms with E-state index in [4.69, 9.17) is 11.6 Å². The molecule has 3 rings (SSSR count). The summed E-state index contributed by atoms with van der Waals surface area (Å²) in [6.07, 6.45) is 1.60. The van der Waals surface area contributed by atoms with Gasteiger partial charge in [0.25, 0.3) is 0 Å². The van der Waals surface area contributed by atoms with Crippen molar-refractivity contribution in [1.29, 1.82) is 0 Å². The number of hydrazone groups is 1. The van der Waals surface area contributed by atoms with E-state index in [-0.39, 0.29) is 17.5 Å². The first-order valence-electron chi connectivity index (χ1n) is 8.59. The van der Waals surface area contributed by atoms with Crippen molar-refractivity contribution in [3.8, 4) is 5.69 Å². The lowest BCUT2D eigenvalue weighted by Gasteiger charge is -2.09. The summed E-state index contributed by atoms with van der Waals surface area (Å²) in [4.78, 5) is 12.9. The van der Waals surface area contributed by atoms with Crippen molar-refractivity contribution in [2.45, 2.75) is 18.7 Å². The lowest BCUT2D eigenvalue weighted by Crippen LogP contribution is -2.19. The van der Waals surface area contributed by atoms with Gasteiger partial charge in [0.2, 0.25) is 5.91 Å². The number of thioether (sulfide) groups is 1. The van der Waals surface area contributed by atoms with Gasteiger partial charge in [-0.2, -0.15) is 5.10 Å². The molecule has 0 aliphatic rings. The van der Waals surface area contributed by atoms with Crippen LogP contribution in [0.1, 0.15) is 17.0 Å². The summed E-state index contributed by atoms with van der Waals surface area (Å²) in [5.74, 6) is -0.234. The Morgan fingerprint density at radius 2 is 1.96 bits per heavy atom. The number of aryl methyl sites for hydroxylation is 1. The first-order chi connectivity index (χ1) is 13.4. The van der Waals surface area contributed by atoms with E-state index in [1.54, 1.807) is 24.4 Å². The van der Waals surface area contributed by atoms with Crippen LogP contribution >= 0.6 is 23.4 Å². The van der Waals surface area contributed by atoms with Gasteiger partial charge in [-0.25, -0.2) is 9.82 Å². The molecule has 0 aliphatic carbocycles. The minimum absolute atomic E-state index is 0.199. The molecule has 0 atom stereocenters. The molecule has 144 valence electrons. The van der Waals surface area contributed by atoms with Crippen molar-refractivity contribution in [3.05, 3.63) is 82.4 Å². The predicted octanol–water partition coefficient (Wildman–Crippen LogP) is 5.13. The fourth-order valence-corrected chi connectivity index (χ4v) is 3.63. The second kappa shape index (κ2) is 9.08. The van der Waals surface area contributed by atoms with Gasteiger partial charge in [0.1, 0.15) is 5.82 Å². The van der Waals surface area contributed by atoms with E-state index in [0.717, 1.165) is 27.5 Å². The van der Waals surface area contributed by atoms with E-state index in [2.05, 4.69) is 10.5 Å². The van der Waals surface area contributed by atoms with Crippen LogP contribution in [0.25, 0.3) is 5.69 Å². The molecule has 0 unspecified atom stereocenters. The number of hydrogen-bond donors (Lipinski definition) is 1. The molecule has 0 aliphatic heterocycles. The summed E-state index contributed by atoms with van der Waals surface area (Å²) in [5, 5.41) is 4.71. The van der Waals surface area contributed by atoms with Crippen molar-refractivity contribution >= 4 is 35.5 Å². The SMILES string of the molecule is Cc1cc(/C=N\NC(=O)CSc2ccc(Cl)cc2)c(C)n1-c1cccc(F)c1. The summed E-state index contributed by atoms with van der Waals surface area (Å²) < 4.78 is 15.5. The fourth-order valence-electron chi connectivity index (χ4n) is 2.82. The largest absolute Gasteiger partial charge is 0.318 e. The highest BCUT2D eigenvalue weighted by molar-refractivity contribution is 8.00. The van der Waals surface area contributed by atoms with Crippen molar-refractivity contribution in [2.24, 2.45) is 5.10 Å². The number of rotatable bonds is 6. The van der Waals surface area contributed by atoms with Crippen LogP contribution in [0.4, 0.5) is 4.39 Å². The summed E-state index contributed by atoms with van der Waals surface area (Å²) in [6, 6.07) is 15.7. The van der Waals surface area contributed by atoms with Gasteiger partial charge in [-0.05, 0) is 62.4 Å². The summed E-state index contributed by atoms with van der Waals surface area (Å²) in [5.41, 5.74) is 6.00. The Hall–Kier alpha value is -2.57. The molecular weight excluding hydrogens is 397 g/mol. The number of aromatic nitrogens is 1. The monoisotopic (exact) mass is 415 g/mol. The van der Waals surface area contributed by atoms with Crippen LogP contribution in [0.3, 0.4) is 0 Å². The highest BCUT2D eigenvalue weighted by Gasteiger charge is 2.10. The summed E-state index contributed by atoms with van der Waals surface area (Å²) in [7, 11) is 0. The van der Waals surface area contributed by atoms with E-state index in [0.29, 0.717) is 5.02 Å². The van der Waals surface area contributed by atoms with Gasteiger partial charge in [-0.3, -0.25) is 4.79 Å². The van der Waals surface area contributed by atoms with Crippen molar-refractivity contribution in [3.63, 3.8) is 0 Å². The van der Waals surface area contributed by atoms with E-state index in [9.17, 15) is 9.18 Å². The van der Waals surface area contributed by atoms with E-state index in [1.807, 2.05) is 42.7 Å². The minimum atomic E-state index is -0.286. The van der Waals surface area contributed by atoms with E-state index >= 15 is 0 Å². The maximum absolute atomic E-state index is 13.5.